The first-order valence-electron chi connectivity index (χ1n) is 8.42. The molecule has 1 unspecified atom stereocenters. The summed E-state index contributed by atoms with van der Waals surface area (Å²) in [5.41, 5.74) is 3.02. The van der Waals surface area contributed by atoms with E-state index in [1.54, 1.807) is 14.0 Å². The van der Waals surface area contributed by atoms with Crippen LogP contribution in [0.15, 0.2) is 46.9 Å². The zero-order valence-electron chi connectivity index (χ0n) is 15.0. The molecule has 2 N–H and O–H groups in total. The van der Waals surface area contributed by atoms with E-state index in [0.29, 0.717) is 11.6 Å². The van der Waals surface area contributed by atoms with Crippen molar-refractivity contribution in [2.75, 3.05) is 7.11 Å². The zero-order valence-corrected chi connectivity index (χ0v) is 15.0. The maximum Gasteiger partial charge on any atom is 0.304 e. The van der Waals surface area contributed by atoms with E-state index >= 15 is 0 Å². The molecule has 27 heavy (non-hydrogen) atoms. The first-order valence-corrected chi connectivity index (χ1v) is 8.42. The number of hydrogen-bond acceptors (Lipinski definition) is 6. The first kappa shape index (κ1) is 18.6. The molecule has 1 atom stereocenters. The van der Waals surface area contributed by atoms with Crippen molar-refractivity contribution in [2.45, 2.75) is 25.9 Å². The van der Waals surface area contributed by atoms with Gasteiger partial charge in [-0.25, -0.2) is 0 Å². The number of ether oxygens (including phenoxy) is 1. The topological polar surface area (TPSA) is 106 Å². The standard InChI is InChI=1S/C20H20N2O5/c1-12-21-22-20(27-12)16(10-18(24)25)13-5-3-6-14(9-13)19-15(11-23)7-4-8-17(19)26-2/h3-9,16,23H,10-11H2,1-2H3,(H,24,25). The highest BCUT2D eigenvalue weighted by atomic mass is 16.5. The number of aliphatic hydroxyl groups is 1. The van der Waals surface area contributed by atoms with Gasteiger partial charge in [0.25, 0.3) is 0 Å². The Morgan fingerprint density at radius 1 is 1.22 bits per heavy atom. The fraction of sp³-hybridized carbons (Fsp3) is 0.250. The lowest BCUT2D eigenvalue weighted by Gasteiger charge is -2.16. The molecule has 140 valence electrons. The SMILES string of the molecule is COc1cccc(CO)c1-c1cccc(C(CC(=O)O)c2nnc(C)o2)c1. The van der Waals surface area contributed by atoms with Crippen LogP contribution in [-0.4, -0.2) is 33.5 Å². The Balaban J connectivity index is 2.10. The maximum atomic E-state index is 11.4. The number of aryl methyl sites for hydroxylation is 1. The number of rotatable bonds is 7. The molecule has 0 radical (unpaired) electrons. The number of carboxylic acids is 1. The van der Waals surface area contributed by atoms with Gasteiger partial charge in [0.15, 0.2) is 0 Å². The van der Waals surface area contributed by atoms with Gasteiger partial charge in [0.2, 0.25) is 11.8 Å². The van der Waals surface area contributed by atoms with Crippen LogP contribution in [0.1, 0.15) is 35.2 Å². The molecule has 0 fully saturated rings. The molecular formula is C20H20N2O5. The molecule has 0 bridgehead atoms. The van der Waals surface area contributed by atoms with Gasteiger partial charge in [0, 0.05) is 12.5 Å². The summed E-state index contributed by atoms with van der Waals surface area (Å²) in [5, 5.41) is 26.8. The molecule has 0 amide bonds. The van der Waals surface area contributed by atoms with Gasteiger partial charge in [-0.1, -0.05) is 36.4 Å². The van der Waals surface area contributed by atoms with Gasteiger partial charge in [-0.2, -0.15) is 0 Å². The Morgan fingerprint density at radius 3 is 2.63 bits per heavy atom. The van der Waals surface area contributed by atoms with Crippen molar-refractivity contribution in [3.05, 3.63) is 65.4 Å². The second kappa shape index (κ2) is 8.01. The summed E-state index contributed by atoms with van der Waals surface area (Å²) >= 11 is 0. The second-order valence-electron chi connectivity index (χ2n) is 6.09. The van der Waals surface area contributed by atoms with Crippen LogP contribution in [0.25, 0.3) is 11.1 Å². The number of carbonyl (C=O) groups is 1. The minimum absolute atomic E-state index is 0.141. The Labute approximate surface area is 156 Å². The second-order valence-corrected chi connectivity index (χ2v) is 6.09. The van der Waals surface area contributed by atoms with Crippen LogP contribution in [0.2, 0.25) is 0 Å². The largest absolute Gasteiger partial charge is 0.496 e. The van der Waals surface area contributed by atoms with Crippen molar-refractivity contribution in [3.8, 4) is 16.9 Å². The number of methoxy groups -OCH3 is 1. The fourth-order valence-corrected chi connectivity index (χ4v) is 3.09. The van der Waals surface area contributed by atoms with Crippen LogP contribution in [0.3, 0.4) is 0 Å². The highest BCUT2D eigenvalue weighted by Crippen LogP contribution is 2.36. The van der Waals surface area contributed by atoms with Gasteiger partial charge in [-0.15, -0.1) is 10.2 Å². The molecule has 3 rings (SSSR count). The van der Waals surface area contributed by atoms with E-state index < -0.39 is 11.9 Å². The van der Waals surface area contributed by atoms with Crippen LogP contribution < -0.4 is 4.74 Å². The minimum Gasteiger partial charge on any atom is -0.496 e. The third-order valence-corrected chi connectivity index (χ3v) is 4.30. The molecule has 0 aliphatic rings. The molecular weight excluding hydrogens is 348 g/mol. The summed E-state index contributed by atoms with van der Waals surface area (Å²) in [4.78, 5) is 11.4. The number of benzene rings is 2. The van der Waals surface area contributed by atoms with Crippen LogP contribution in [0, 0.1) is 6.92 Å². The predicted octanol–water partition coefficient (Wildman–Crippen LogP) is 3.15. The maximum absolute atomic E-state index is 11.4. The quantitative estimate of drug-likeness (QED) is 0.660. The normalized spacial score (nSPS) is 12.0. The highest BCUT2D eigenvalue weighted by molar-refractivity contribution is 5.75. The number of nitrogens with zero attached hydrogens (tertiary/aromatic N) is 2. The van der Waals surface area contributed by atoms with E-state index in [2.05, 4.69) is 10.2 Å². The number of aliphatic hydroxyl groups excluding tert-OH is 1. The van der Waals surface area contributed by atoms with E-state index in [9.17, 15) is 15.0 Å². The lowest BCUT2D eigenvalue weighted by molar-refractivity contribution is -0.137. The fourth-order valence-electron chi connectivity index (χ4n) is 3.09. The molecule has 1 aromatic heterocycles. The molecule has 7 heteroatoms. The summed E-state index contributed by atoms with van der Waals surface area (Å²) in [5.74, 6) is -0.272. The van der Waals surface area contributed by atoms with Gasteiger partial charge in [0.1, 0.15) is 5.75 Å². The van der Waals surface area contributed by atoms with Crippen LogP contribution >= 0.6 is 0 Å². The van der Waals surface area contributed by atoms with E-state index in [4.69, 9.17) is 9.15 Å². The van der Waals surface area contributed by atoms with E-state index in [1.165, 1.54) is 0 Å². The number of aromatic nitrogens is 2. The van der Waals surface area contributed by atoms with Crippen molar-refractivity contribution < 1.29 is 24.2 Å². The predicted molar refractivity (Wildman–Crippen MR) is 97.5 cm³/mol. The highest BCUT2D eigenvalue weighted by Gasteiger charge is 2.24. The van der Waals surface area contributed by atoms with Gasteiger partial charge in [0.05, 0.1) is 26.1 Å². The molecule has 1 heterocycles. The molecule has 0 aliphatic heterocycles. The Hall–Kier alpha value is -3.19. The van der Waals surface area contributed by atoms with Crippen LogP contribution in [0.5, 0.6) is 5.75 Å². The van der Waals surface area contributed by atoms with Gasteiger partial charge in [-0.3, -0.25) is 4.79 Å². The summed E-state index contributed by atoms with van der Waals surface area (Å²) in [6.45, 7) is 1.52. The summed E-state index contributed by atoms with van der Waals surface area (Å²) < 4.78 is 10.9. The Kier molecular flexibility index (Phi) is 5.52. The summed E-state index contributed by atoms with van der Waals surface area (Å²) in [6.07, 6.45) is -0.177. The summed E-state index contributed by atoms with van der Waals surface area (Å²) in [6, 6.07) is 12.9. The average Bonchev–Trinajstić information content (AvgIpc) is 3.11. The first-order chi connectivity index (χ1) is 13.0. The van der Waals surface area contributed by atoms with Crippen molar-refractivity contribution in [1.82, 2.24) is 10.2 Å². The Bertz CT molecular complexity index is 929. The lowest BCUT2D eigenvalue weighted by Crippen LogP contribution is -2.09. The van der Waals surface area contributed by atoms with E-state index in [-0.39, 0.29) is 18.9 Å². The molecule has 2 aromatic carbocycles. The molecule has 7 nitrogen and oxygen atoms in total. The van der Waals surface area contributed by atoms with E-state index in [1.807, 2.05) is 42.5 Å². The van der Waals surface area contributed by atoms with Crippen molar-refractivity contribution >= 4 is 5.97 Å². The molecule has 0 saturated heterocycles. The van der Waals surface area contributed by atoms with E-state index in [0.717, 1.165) is 22.3 Å². The molecule has 0 aliphatic carbocycles. The average molecular weight is 368 g/mol. The summed E-state index contributed by atoms with van der Waals surface area (Å²) in [7, 11) is 1.57. The Morgan fingerprint density at radius 2 is 2.00 bits per heavy atom. The van der Waals surface area contributed by atoms with Crippen LogP contribution in [0.4, 0.5) is 0 Å². The number of hydrogen-bond donors (Lipinski definition) is 2. The van der Waals surface area contributed by atoms with Crippen molar-refractivity contribution in [3.63, 3.8) is 0 Å². The third kappa shape index (κ3) is 3.98. The molecule has 0 saturated carbocycles. The number of carboxylic acid groups (broad SMARTS) is 1. The van der Waals surface area contributed by atoms with Gasteiger partial charge >= 0.3 is 5.97 Å². The smallest absolute Gasteiger partial charge is 0.304 e. The van der Waals surface area contributed by atoms with Gasteiger partial charge in [-0.05, 0) is 22.8 Å². The van der Waals surface area contributed by atoms with Gasteiger partial charge < -0.3 is 19.4 Å². The van der Waals surface area contributed by atoms with Crippen molar-refractivity contribution in [1.29, 1.82) is 0 Å². The number of aliphatic carboxylic acids is 1. The minimum atomic E-state index is -0.963. The zero-order chi connectivity index (χ0) is 19.4. The third-order valence-electron chi connectivity index (χ3n) is 4.30. The monoisotopic (exact) mass is 368 g/mol. The van der Waals surface area contributed by atoms with Crippen molar-refractivity contribution in [2.24, 2.45) is 0 Å². The molecule has 0 spiro atoms. The lowest BCUT2D eigenvalue weighted by atomic mass is 9.91. The molecule has 3 aromatic rings. The van der Waals surface area contributed by atoms with Crippen LogP contribution in [-0.2, 0) is 11.4 Å².